The second kappa shape index (κ2) is 23.2. The summed E-state index contributed by atoms with van der Waals surface area (Å²) in [7, 11) is -4.64. The first kappa shape index (κ1) is 53.7. The molecule has 8 rings (SSSR count). The summed E-state index contributed by atoms with van der Waals surface area (Å²) >= 11 is 0. The molecule has 0 saturated carbocycles. The van der Waals surface area contributed by atoms with E-state index >= 15 is 0 Å². The number of aryl methyl sites for hydroxylation is 2. The first-order chi connectivity index (χ1) is 34.1. The zero-order valence-electron chi connectivity index (χ0n) is 43.5. The van der Waals surface area contributed by atoms with E-state index in [0.717, 1.165) is 55.2 Å². The van der Waals surface area contributed by atoms with Crippen LogP contribution in [0, 0.1) is 24.7 Å². The Hall–Kier alpha value is -6.14. The minimum absolute atomic E-state index is 0.0810. The summed E-state index contributed by atoms with van der Waals surface area (Å²) in [5.41, 5.74) is 6.73. The van der Waals surface area contributed by atoms with Crippen molar-refractivity contribution in [2.24, 2.45) is 10.8 Å². The van der Waals surface area contributed by atoms with Crippen LogP contribution in [0.15, 0.2) is 119 Å². The van der Waals surface area contributed by atoms with Crippen LogP contribution in [0.2, 0.25) is 0 Å². The topological polar surface area (TPSA) is 178 Å². The van der Waals surface area contributed by atoms with Crippen molar-refractivity contribution in [2.45, 2.75) is 91.0 Å². The standard InChI is InChI=1S/C28H37N5O2S.C27H36N6O2S/c1-21-18-29-27(31-23-13-11-22(12-14-23)19-33-15-6-5-7-16-33)32-26(21)30-24-9-8-10-25(17-24)36(34,35)20-28(2,3)4;1-20-18-28-26(30-21-9-11-23(12-10-21)33-15-13-32(5)14-16-33)31-25(20)29-22-7-6-8-24(17-22)36(34,35)19-27(2,3)4/h8-14,17-18H,5-7,15-16,19-20H2,1-4H3,(H2,29,30,31,32);6-12,17-18H,13-16,19H2,1-5H3,(H2,28,29,30,31). The first-order valence-corrected chi connectivity index (χ1v) is 28.1. The molecule has 384 valence electrons. The van der Waals surface area contributed by atoms with Crippen LogP contribution in [0.4, 0.5) is 52.0 Å². The van der Waals surface area contributed by atoms with Gasteiger partial charge in [0.2, 0.25) is 11.9 Å². The normalized spacial score (nSPS) is 15.0. The van der Waals surface area contributed by atoms with E-state index in [9.17, 15) is 16.8 Å². The number of hydrogen-bond acceptors (Lipinski definition) is 15. The molecule has 4 heterocycles. The molecular weight excluding hydrogens is 943 g/mol. The number of piperazine rings is 1. The van der Waals surface area contributed by atoms with Crippen molar-refractivity contribution in [1.82, 2.24) is 29.7 Å². The van der Waals surface area contributed by atoms with E-state index in [2.05, 4.69) is 99.3 Å². The van der Waals surface area contributed by atoms with Crippen LogP contribution in [0.3, 0.4) is 0 Å². The van der Waals surface area contributed by atoms with Crippen molar-refractivity contribution < 1.29 is 16.8 Å². The monoisotopic (exact) mass is 1020 g/mol. The Labute approximate surface area is 428 Å². The average Bonchev–Trinajstić information content (AvgIpc) is 3.32. The first-order valence-electron chi connectivity index (χ1n) is 24.8. The van der Waals surface area contributed by atoms with Crippen LogP contribution < -0.4 is 26.2 Å². The second-order valence-electron chi connectivity index (χ2n) is 21.5. The number of piperidine rings is 1. The van der Waals surface area contributed by atoms with Crippen molar-refractivity contribution in [1.29, 1.82) is 0 Å². The molecule has 0 bridgehead atoms. The zero-order chi connectivity index (χ0) is 51.7. The lowest BCUT2D eigenvalue weighted by atomic mass is 10.0. The van der Waals surface area contributed by atoms with E-state index in [1.54, 1.807) is 48.8 Å². The van der Waals surface area contributed by atoms with E-state index in [0.29, 0.717) is 44.7 Å². The molecule has 0 atom stereocenters. The molecule has 4 aromatic carbocycles. The van der Waals surface area contributed by atoms with Gasteiger partial charge in [-0.15, -0.1) is 0 Å². The van der Waals surface area contributed by atoms with Gasteiger partial charge in [-0.3, -0.25) is 4.90 Å². The van der Waals surface area contributed by atoms with Gasteiger partial charge < -0.3 is 31.1 Å². The predicted octanol–water partition coefficient (Wildman–Crippen LogP) is 10.9. The van der Waals surface area contributed by atoms with Gasteiger partial charge in [-0.25, -0.2) is 26.8 Å². The Balaban J connectivity index is 0.000000211. The van der Waals surface area contributed by atoms with Gasteiger partial charge in [0.1, 0.15) is 11.6 Å². The largest absolute Gasteiger partial charge is 0.369 e. The fourth-order valence-corrected chi connectivity index (χ4v) is 12.3. The smallest absolute Gasteiger partial charge is 0.229 e. The van der Waals surface area contributed by atoms with Crippen molar-refractivity contribution >= 4 is 71.6 Å². The fourth-order valence-electron chi connectivity index (χ4n) is 8.52. The highest BCUT2D eigenvalue weighted by atomic mass is 32.2. The molecule has 0 spiro atoms. The molecule has 2 aliphatic rings. The number of hydrogen-bond donors (Lipinski definition) is 4. The number of likely N-dealkylation sites (N-methyl/N-ethyl adjacent to an activating group) is 1. The summed E-state index contributed by atoms with van der Waals surface area (Å²) in [6.07, 6.45) is 7.42. The van der Waals surface area contributed by atoms with Gasteiger partial charge in [0.25, 0.3) is 0 Å². The van der Waals surface area contributed by atoms with Gasteiger partial charge >= 0.3 is 0 Å². The molecule has 2 fully saturated rings. The van der Waals surface area contributed by atoms with E-state index < -0.39 is 19.7 Å². The summed E-state index contributed by atoms with van der Waals surface area (Å²) in [5.74, 6) is 2.35. The SMILES string of the molecule is Cc1cnc(Nc2ccc(CN3CCCCC3)cc2)nc1Nc1cccc(S(=O)(=O)CC(C)(C)C)c1.Cc1cnc(Nc2ccc(N3CCN(C)CC3)cc2)nc1Nc1cccc(S(=O)(=O)CC(C)(C)C)c1. The van der Waals surface area contributed by atoms with Crippen molar-refractivity contribution in [3.8, 4) is 0 Å². The Bertz CT molecular complexity index is 2980. The maximum Gasteiger partial charge on any atom is 0.229 e. The maximum absolute atomic E-state index is 12.8. The number of anilines is 9. The number of nitrogens with one attached hydrogen (secondary N) is 4. The number of aromatic nitrogens is 4. The Morgan fingerprint density at radius 2 is 0.972 bits per heavy atom. The highest BCUT2D eigenvalue weighted by Gasteiger charge is 2.25. The molecule has 2 saturated heterocycles. The molecule has 17 heteroatoms. The van der Waals surface area contributed by atoms with Crippen LogP contribution in [-0.4, -0.2) is 104 Å². The van der Waals surface area contributed by atoms with Crippen LogP contribution in [0.1, 0.15) is 77.5 Å². The molecule has 0 unspecified atom stereocenters. The van der Waals surface area contributed by atoms with Crippen molar-refractivity contribution in [2.75, 3.05) is 84.0 Å². The molecule has 0 radical (unpaired) electrons. The minimum Gasteiger partial charge on any atom is -0.369 e. The number of nitrogens with zero attached hydrogens (tertiary/aromatic N) is 7. The molecule has 0 aliphatic carbocycles. The summed E-state index contributed by atoms with van der Waals surface area (Å²) in [5, 5.41) is 13.1. The van der Waals surface area contributed by atoms with E-state index in [1.807, 2.05) is 79.7 Å². The molecule has 2 aliphatic heterocycles. The van der Waals surface area contributed by atoms with Crippen LogP contribution >= 0.6 is 0 Å². The number of sulfone groups is 2. The van der Waals surface area contributed by atoms with Gasteiger partial charge in [-0.2, -0.15) is 9.97 Å². The zero-order valence-corrected chi connectivity index (χ0v) is 45.1. The lowest BCUT2D eigenvalue weighted by Crippen LogP contribution is -2.44. The summed E-state index contributed by atoms with van der Waals surface area (Å²) in [6, 6.07) is 30.5. The van der Waals surface area contributed by atoms with Crippen molar-refractivity contribution in [3.05, 3.63) is 126 Å². The third-order valence-electron chi connectivity index (χ3n) is 12.2. The second-order valence-corrected chi connectivity index (χ2v) is 25.5. The highest BCUT2D eigenvalue weighted by molar-refractivity contribution is 7.91. The quantitative estimate of drug-likeness (QED) is 0.0763. The van der Waals surface area contributed by atoms with Gasteiger partial charge in [-0.05, 0) is 136 Å². The molecular formula is C55H73N11O4S2. The summed E-state index contributed by atoms with van der Waals surface area (Å²) < 4.78 is 51.4. The molecule has 2 aromatic heterocycles. The van der Waals surface area contributed by atoms with Gasteiger partial charge in [0.05, 0.1) is 21.3 Å². The van der Waals surface area contributed by atoms with Gasteiger partial charge in [0, 0.05) is 84.7 Å². The molecule has 4 N–H and O–H groups in total. The third-order valence-corrected chi connectivity index (χ3v) is 16.6. The molecule has 0 amide bonds. The Kier molecular flexibility index (Phi) is 17.3. The number of benzene rings is 4. The fraction of sp³-hybridized carbons (Fsp3) is 0.418. The van der Waals surface area contributed by atoms with E-state index in [-0.39, 0.29) is 22.3 Å². The van der Waals surface area contributed by atoms with Crippen LogP contribution in [0.5, 0.6) is 0 Å². The predicted molar refractivity (Wildman–Crippen MR) is 294 cm³/mol. The Morgan fingerprint density at radius 3 is 1.42 bits per heavy atom. The van der Waals surface area contributed by atoms with Crippen LogP contribution in [-0.2, 0) is 26.2 Å². The van der Waals surface area contributed by atoms with Crippen LogP contribution in [0.25, 0.3) is 0 Å². The maximum atomic E-state index is 12.8. The minimum atomic E-state index is -3.40. The third kappa shape index (κ3) is 15.9. The average molecular weight is 1020 g/mol. The van der Waals surface area contributed by atoms with Gasteiger partial charge in [0.15, 0.2) is 19.7 Å². The van der Waals surface area contributed by atoms with E-state index in [1.165, 1.54) is 43.6 Å². The summed E-state index contributed by atoms with van der Waals surface area (Å²) in [4.78, 5) is 26.0. The number of rotatable bonds is 15. The summed E-state index contributed by atoms with van der Waals surface area (Å²) in [6.45, 7) is 22.9. The number of likely N-dealkylation sites (tertiary alicyclic amines) is 1. The molecule has 72 heavy (non-hydrogen) atoms. The molecule has 6 aromatic rings. The molecule has 15 nitrogen and oxygen atoms in total. The van der Waals surface area contributed by atoms with Crippen molar-refractivity contribution in [3.63, 3.8) is 0 Å². The van der Waals surface area contributed by atoms with Gasteiger partial charge in [-0.1, -0.05) is 72.2 Å². The van der Waals surface area contributed by atoms with E-state index in [4.69, 9.17) is 0 Å². The highest BCUT2D eigenvalue weighted by Crippen LogP contribution is 2.29. The lowest BCUT2D eigenvalue weighted by molar-refractivity contribution is 0.221. The lowest BCUT2D eigenvalue weighted by Gasteiger charge is -2.34. The Morgan fingerprint density at radius 1 is 0.528 bits per heavy atom.